The SMILES string of the molecule is CC(C)[C@@H](NC(=O)N(C)CCOCCO)C(=O)O. The molecule has 7 heteroatoms. The smallest absolute Gasteiger partial charge is 0.326 e. The third-order valence-electron chi connectivity index (χ3n) is 2.37. The molecule has 0 aromatic rings. The predicted molar refractivity (Wildman–Crippen MR) is 65.3 cm³/mol. The van der Waals surface area contributed by atoms with Crippen molar-refractivity contribution in [2.45, 2.75) is 19.9 Å². The molecule has 0 radical (unpaired) electrons. The maximum atomic E-state index is 11.7. The summed E-state index contributed by atoms with van der Waals surface area (Å²) in [5.41, 5.74) is 0. The minimum absolute atomic E-state index is 0.0651. The molecule has 0 aromatic heterocycles. The average Bonchev–Trinajstić information content (AvgIpc) is 2.30. The number of carboxylic acid groups (broad SMARTS) is 1. The molecule has 0 aliphatic heterocycles. The van der Waals surface area contributed by atoms with Gasteiger partial charge in [-0.25, -0.2) is 9.59 Å². The number of carbonyl (C=O) groups excluding carboxylic acids is 1. The summed E-state index contributed by atoms with van der Waals surface area (Å²) in [6, 6.07) is -1.36. The lowest BCUT2D eigenvalue weighted by Gasteiger charge is -2.23. The Morgan fingerprint density at radius 2 is 1.94 bits per heavy atom. The van der Waals surface area contributed by atoms with Crippen LogP contribution in [0.1, 0.15) is 13.8 Å². The minimum atomic E-state index is -1.05. The van der Waals surface area contributed by atoms with Crippen molar-refractivity contribution in [2.75, 3.05) is 33.4 Å². The molecule has 0 aliphatic rings. The number of likely N-dealkylation sites (N-methyl/N-ethyl adjacent to an activating group) is 1. The molecule has 1 atom stereocenters. The molecule has 0 unspecified atom stereocenters. The molecule has 0 heterocycles. The fourth-order valence-corrected chi connectivity index (χ4v) is 1.23. The van der Waals surface area contributed by atoms with E-state index in [4.69, 9.17) is 14.9 Å². The van der Waals surface area contributed by atoms with Crippen molar-refractivity contribution >= 4 is 12.0 Å². The summed E-state index contributed by atoms with van der Waals surface area (Å²) >= 11 is 0. The van der Waals surface area contributed by atoms with E-state index in [2.05, 4.69) is 5.32 Å². The van der Waals surface area contributed by atoms with Gasteiger partial charge < -0.3 is 25.2 Å². The number of hydrogen-bond acceptors (Lipinski definition) is 4. The standard InChI is InChI=1S/C11H22N2O5/c1-8(2)9(10(15)16)12-11(17)13(3)4-6-18-7-5-14/h8-9,14H,4-7H2,1-3H3,(H,12,17)(H,15,16)/t9-/m1/s1. The summed E-state index contributed by atoms with van der Waals surface area (Å²) in [7, 11) is 1.55. The van der Waals surface area contributed by atoms with Crippen molar-refractivity contribution in [3.8, 4) is 0 Å². The number of aliphatic hydroxyl groups excluding tert-OH is 1. The fraction of sp³-hybridized carbons (Fsp3) is 0.818. The van der Waals surface area contributed by atoms with Crippen molar-refractivity contribution in [1.82, 2.24) is 10.2 Å². The van der Waals surface area contributed by atoms with Crippen molar-refractivity contribution < 1.29 is 24.5 Å². The number of rotatable bonds is 8. The number of amides is 2. The number of nitrogens with one attached hydrogen (secondary N) is 1. The molecule has 0 bridgehead atoms. The Balaban J connectivity index is 4.09. The summed E-state index contributed by atoms with van der Waals surface area (Å²) in [6.45, 7) is 4.23. The van der Waals surface area contributed by atoms with Crippen LogP contribution in [-0.2, 0) is 9.53 Å². The summed E-state index contributed by atoms with van der Waals surface area (Å²) < 4.78 is 5.02. The molecule has 0 saturated heterocycles. The van der Waals surface area contributed by atoms with Crippen LogP contribution >= 0.6 is 0 Å². The quantitative estimate of drug-likeness (QED) is 0.524. The van der Waals surface area contributed by atoms with Gasteiger partial charge in [-0.05, 0) is 5.92 Å². The lowest BCUT2D eigenvalue weighted by molar-refractivity contribution is -0.140. The minimum Gasteiger partial charge on any atom is -0.480 e. The first-order valence-corrected chi connectivity index (χ1v) is 5.83. The van der Waals surface area contributed by atoms with Gasteiger partial charge >= 0.3 is 12.0 Å². The van der Waals surface area contributed by atoms with Crippen LogP contribution in [0, 0.1) is 5.92 Å². The molecule has 18 heavy (non-hydrogen) atoms. The third-order valence-corrected chi connectivity index (χ3v) is 2.37. The van der Waals surface area contributed by atoms with Crippen LogP contribution in [-0.4, -0.2) is 66.6 Å². The van der Waals surface area contributed by atoms with E-state index in [9.17, 15) is 9.59 Å². The molecule has 0 aromatic carbocycles. The van der Waals surface area contributed by atoms with E-state index in [1.807, 2.05) is 0 Å². The normalized spacial score (nSPS) is 12.3. The van der Waals surface area contributed by atoms with Crippen LogP contribution in [0.5, 0.6) is 0 Å². The third kappa shape index (κ3) is 6.41. The van der Waals surface area contributed by atoms with Crippen molar-refractivity contribution in [1.29, 1.82) is 0 Å². The Bertz CT molecular complexity index is 270. The molecule has 106 valence electrons. The summed E-state index contributed by atoms with van der Waals surface area (Å²) in [5.74, 6) is -1.24. The van der Waals surface area contributed by atoms with Gasteiger partial charge in [0.2, 0.25) is 0 Å². The Labute approximate surface area is 107 Å². The first-order valence-electron chi connectivity index (χ1n) is 5.83. The van der Waals surface area contributed by atoms with Crippen LogP contribution in [0.4, 0.5) is 4.79 Å². The van der Waals surface area contributed by atoms with Gasteiger partial charge in [-0.2, -0.15) is 0 Å². The van der Waals surface area contributed by atoms with Gasteiger partial charge in [0.25, 0.3) is 0 Å². The number of carboxylic acids is 1. The summed E-state index contributed by atoms with van der Waals surface area (Å²) in [5, 5.41) is 19.9. The van der Waals surface area contributed by atoms with Crippen LogP contribution in [0.15, 0.2) is 0 Å². The summed E-state index contributed by atoms with van der Waals surface area (Å²) in [4.78, 5) is 23.9. The zero-order chi connectivity index (χ0) is 14.1. The topological polar surface area (TPSA) is 99.1 Å². The first kappa shape index (κ1) is 16.7. The number of nitrogens with zero attached hydrogens (tertiary/aromatic N) is 1. The van der Waals surface area contributed by atoms with Crippen molar-refractivity contribution in [2.24, 2.45) is 5.92 Å². The maximum Gasteiger partial charge on any atom is 0.326 e. The Kier molecular flexibility index (Phi) is 8.06. The highest BCUT2D eigenvalue weighted by molar-refractivity contribution is 5.82. The Morgan fingerprint density at radius 1 is 1.33 bits per heavy atom. The lowest BCUT2D eigenvalue weighted by Crippen LogP contribution is -2.49. The molecule has 2 amide bonds. The zero-order valence-corrected chi connectivity index (χ0v) is 11.0. The highest BCUT2D eigenvalue weighted by atomic mass is 16.5. The zero-order valence-electron chi connectivity index (χ0n) is 11.0. The molecular formula is C11H22N2O5. The first-order chi connectivity index (χ1) is 8.40. The highest BCUT2D eigenvalue weighted by Crippen LogP contribution is 2.02. The van der Waals surface area contributed by atoms with E-state index in [1.54, 1.807) is 20.9 Å². The molecule has 0 fully saturated rings. The van der Waals surface area contributed by atoms with Gasteiger partial charge in [0.05, 0.1) is 19.8 Å². The lowest BCUT2D eigenvalue weighted by atomic mass is 10.1. The second-order valence-corrected chi connectivity index (χ2v) is 4.27. The largest absolute Gasteiger partial charge is 0.480 e. The molecule has 0 aliphatic carbocycles. The van der Waals surface area contributed by atoms with Gasteiger partial charge in [0.1, 0.15) is 6.04 Å². The van der Waals surface area contributed by atoms with Crippen LogP contribution in [0.2, 0.25) is 0 Å². The van der Waals surface area contributed by atoms with Gasteiger partial charge in [0, 0.05) is 13.6 Å². The number of aliphatic hydroxyl groups is 1. The van der Waals surface area contributed by atoms with E-state index < -0.39 is 18.0 Å². The molecule has 3 N–H and O–H groups in total. The fourth-order valence-electron chi connectivity index (χ4n) is 1.23. The van der Waals surface area contributed by atoms with Gasteiger partial charge in [-0.1, -0.05) is 13.8 Å². The van der Waals surface area contributed by atoms with E-state index in [-0.39, 0.29) is 19.1 Å². The van der Waals surface area contributed by atoms with E-state index >= 15 is 0 Å². The number of ether oxygens (including phenoxy) is 1. The van der Waals surface area contributed by atoms with E-state index in [0.29, 0.717) is 13.2 Å². The van der Waals surface area contributed by atoms with Crippen LogP contribution in [0.25, 0.3) is 0 Å². The van der Waals surface area contributed by atoms with Gasteiger partial charge in [0.15, 0.2) is 0 Å². The maximum absolute atomic E-state index is 11.7. The van der Waals surface area contributed by atoms with Gasteiger partial charge in [-0.3, -0.25) is 0 Å². The Morgan fingerprint density at radius 3 is 2.39 bits per heavy atom. The number of urea groups is 1. The molecule has 7 nitrogen and oxygen atoms in total. The van der Waals surface area contributed by atoms with Gasteiger partial charge in [-0.15, -0.1) is 0 Å². The number of hydrogen-bond donors (Lipinski definition) is 3. The summed E-state index contributed by atoms with van der Waals surface area (Å²) in [6.07, 6.45) is 0. The predicted octanol–water partition coefficient (Wildman–Crippen LogP) is -0.254. The van der Waals surface area contributed by atoms with E-state index in [0.717, 1.165) is 0 Å². The van der Waals surface area contributed by atoms with Crippen molar-refractivity contribution in [3.63, 3.8) is 0 Å². The molecule has 0 rings (SSSR count). The highest BCUT2D eigenvalue weighted by Gasteiger charge is 2.24. The number of carbonyl (C=O) groups is 2. The number of aliphatic carboxylic acids is 1. The van der Waals surface area contributed by atoms with Crippen molar-refractivity contribution in [3.05, 3.63) is 0 Å². The van der Waals surface area contributed by atoms with Crippen LogP contribution in [0.3, 0.4) is 0 Å². The molecule has 0 spiro atoms. The molecular weight excluding hydrogens is 240 g/mol. The second-order valence-electron chi connectivity index (χ2n) is 4.27. The van der Waals surface area contributed by atoms with E-state index in [1.165, 1.54) is 4.90 Å². The van der Waals surface area contributed by atoms with Crippen LogP contribution < -0.4 is 5.32 Å². The molecule has 0 saturated carbocycles. The monoisotopic (exact) mass is 262 g/mol. The second kappa shape index (κ2) is 8.71. The Hall–Kier alpha value is -1.34. The average molecular weight is 262 g/mol.